The van der Waals surface area contributed by atoms with Gasteiger partial charge in [0.2, 0.25) is 0 Å². The fraction of sp³-hybridized carbons (Fsp3) is 1.00. The number of rotatable bonds is 11. The van der Waals surface area contributed by atoms with Crippen LogP contribution in [0, 0.1) is 0 Å². The van der Waals surface area contributed by atoms with Crippen LogP contribution in [0.3, 0.4) is 0 Å². The maximum atomic E-state index is 5.99. The van der Waals surface area contributed by atoms with Crippen LogP contribution >= 0.6 is 0 Å². The lowest BCUT2D eigenvalue weighted by Crippen LogP contribution is -2.53. The fourth-order valence-corrected chi connectivity index (χ4v) is 2.06. The molecule has 0 heterocycles. The van der Waals surface area contributed by atoms with Crippen LogP contribution < -0.4 is 5.73 Å². The Hall–Kier alpha value is -0.120. The fourth-order valence-electron chi connectivity index (χ4n) is 2.06. The zero-order chi connectivity index (χ0) is 13.1. The molecule has 0 rings (SSSR count). The van der Waals surface area contributed by atoms with Gasteiger partial charge in [-0.15, -0.1) is 0 Å². The van der Waals surface area contributed by atoms with E-state index >= 15 is 0 Å². The number of nitrogens with two attached hydrogens (primary N) is 1. The van der Waals surface area contributed by atoms with E-state index in [2.05, 4.69) is 25.7 Å². The van der Waals surface area contributed by atoms with Gasteiger partial charge in [-0.25, -0.2) is 0 Å². The molecule has 17 heavy (non-hydrogen) atoms. The molecular formula is C14H32N2O. The predicted molar refractivity (Wildman–Crippen MR) is 75.3 cm³/mol. The number of methoxy groups -OCH3 is 1. The van der Waals surface area contributed by atoms with Crippen LogP contribution in [0.15, 0.2) is 0 Å². The summed E-state index contributed by atoms with van der Waals surface area (Å²) in [5.74, 6) is 0. The molecule has 0 aromatic heterocycles. The van der Waals surface area contributed by atoms with Gasteiger partial charge in [-0.3, -0.25) is 4.90 Å². The Bertz CT molecular complexity index is 168. The van der Waals surface area contributed by atoms with Gasteiger partial charge >= 0.3 is 0 Å². The van der Waals surface area contributed by atoms with Crippen molar-refractivity contribution in [2.75, 3.05) is 33.4 Å². The van der Waals surface area contributed by atoms with Gasteiger partial charge in [0.15, 0.2) is 0 Å². The molecule has 0 saturated heterocycles. The number of unbranched alkanes of at least 4 members (excludes halogenated alkanes) is 2. The zero-order valence-corrected chi connectivity index (χ0v) is 12.3. The highest BCUT2D eigenvalue weighted by molar-refractivity contribution is 4.87. The van der Waals surface area contributed by atoms with Crippen molar-refractivity contribution in [3.8, 4) is 0 Å². The summed E-state index contributed by atoms with van der Waals surface area (Å²) in [6.45, 7) is 10.6. The first-order valence-electron chi connectivity index (χ1n) is 7.08. The molecule has 2 N–H and O–H groups in total. The van der Waals surface area contributed by atoms with Gasteiger partial charge in [-0.2, -0.15) is 0 Å². The third kappa shape index (κ3) is 6.39. The molecule has 3 heteroatoms. The summed E-state index contributed by atoms with van der Waals surface area (Å²) < 4.78 is 5.22. The third-order valence-electron chi connectivity index (χ3n) is 3.61. The average Bonchev–Trinajstić information content (AvgIpc) is 2.36. The van der Waals surface area contributed by atoms with Crippen LogP contribution in [0.2, 0.25) is 0 Å². The maximum Gasteiger partial charge on any atom is 0.0480 e. The van der Waals surface area contributed by atoms with E-state index in [0.29, 0.717) is 6.54 Å². The molecule has 0 aromatic rings. The summed E-state index contributed by atoms with van der Waals surface area (Å²) in [6, 6.07) is 0. The smallest absolute Gasteiger partial charge is 0.0480 e. The molecule has 1 atom stereocenters. The Morgan fingerprint density at radius 2 is 1.65 bits per heavy atom. The highest BCUT2D eigenvalue weighted by Gasteiger charge is 2.29. The second-order valence-corrected chi connectivity index (χ2v) is 5.14. The average molecular weight is 244 g/mol. The summed E-state index contributed by atoms with van der Waals surface area (Å²) in [4.78, 5) is 2.57. The zero-order valence-electron chi connectivity index (χ0n) is 12.3. The van der Waals surface area contributed by atoms with Crippen LogP contribution in [-0.2, 0) is 4.74 Å². The van der Waals surface area contributed by atoms with E-state index in [9.17, 15) is 0 Å². The van der Waals surface area contributed by atoms with E-state index in [4.69, 9.17) is 10.5 Å². The van der Waals surface area contributed by atoms with Crippen LogP contribution in [0.25, 0.3) is 0 Å². The van der Waals surface area contributed by atoms with Gasteiger partial charge in [-0.05, 0) is 39.3 Å². The quantitative estimate of drug-likeness (QED) is 0.607. The SMILES string of the molecule is CCCCN(CCCC)C(C)(CN)CCOC. The molecule has 3 nitrogen and oxygen atoms in total. The summed E-state index contributed by atoms with van der Waals surface area (Å²) in [6.07, 6.45) is 6.02. The maximum absolute atomic E-state index is 5.99. The molecule has 0 aliphatic carbocycles. The van der Waals surface area contributed by atoms with Crippen LogP contribution in [0.5, 0.6) is 0 Å². The van der Waals surface area contributed by atoms with Gasteiger partial charge in [0, 0.05) is 25.8 Å². The van der Waals surface area contributed by atoms with Gasteiger partial charge in [0.25, 0.3) is 0 Å². The van der Waals surface area contributed by atoms with Crippen molar-refractivity contribution in [3.63, 3.8) is 0 Å². The highest BCUT2D eigenvalue weighted by atomic mass is 16.5. The van der Waals surface area contributed by atoms with E-state index in [0.717, 1.165) is 26.1 Å². The minimum Gasteiger partial charge on any atom is -0.385 e. The molecule has 1 unspecified atom stereocenters. The molecule has 0 radical (unpaired) electrons. The summed E-state index contributed by atoms with van der Waals surface area (Å²) in [5, 5.41) is 0. The number of nitrogens with zero attached hydrogens (tertiary/aromatic N) is 1. The number of hydrogen-bond acceptors (Lipinski definition) is 3. The Balaban J connectivity index is 4.44. The van der Waals surface area contributed by atoms with Crippen molar-refractivity contribution in [1.82, 2.24) is 4.90 Å². The monoisotopic (exact) mass is 244 g/mol. The van der Waals surface area contributed by atoms with Gasteiger partial charge in [-0.1, -0.05) is 26.7 Å². The molecule has 0 saturated carbocycles. The minimum absolute atomic E-state index is 0.0976. The Morgan fingerprint density at radius 1 is 1.12 bits per heavy atom. The van der Waals surface area contributed by atoms with Crippen molar-refractivity contribution < 1.29 is 4.74 Å². The molecule has 0 aliphatic heterocycles. The normalized spacial score (nSPS) is 15.2. The molecular weight excluding hydrogens is 212 g/mol. The highest BCUT2D eigenvalue weighted by Crippen LogP contribution is 2.20. The molecule has 0 amide bonds. The van der Waals surface area contributed by atoms with E-state index in [-0.39, 0.29) is 5.54 Å². The third-order valence-corrected chi connectivity index (χ3v) is 3.61. The molecule has 0 aromatic carbocycles. The first-order valence-corrected chi connectivity index (χ1v) is 7.08. The Morgan fingerprint density at radius 3 is 2.00 bits per heavy atom. The second-order valence-electron chi connectivity index (χ2n) is 5.14. The molecule has 0 spiro atoms. The first kappa shape index (κ1) is 16.9. The summed E-state index contributed by atoms with van der Waals surface area (Å²) in [5.41, 5.74) is 6.09. The largest absolute Gasteiger partial charge is 0.385 e. The molecule has 104 valence electrons. The van der Waals surface area contributed by atoms with Gasteiger partial charge in [0.05, 0.1) is 0 Å². The van der Waals surface area contributed by atoms with Crippen molar-refractivity contribution >= 4 is 0 Å². The molecule has 0 bridgehead atoms. The lowest BCUT2D eigenvalue weighted by molar-refractivity contribution is 0.0658. The number of hydrogen-bond donors (Lipinski definition) is 1. The van der Waals surface area contributed by atoms with Crippen molar-refractivity contribution in [2.24, 2.45) is 5.73 Å². The number of ether oxygens (including phenoxy) is 1. The lowest BCUT2D eigenvalue weighted by Gasteiger charge is -2.41. The van der Waals surface area contributed by atoms with Crippen molar-refractivity contribution in [2.45, 2.75) is 58.4 Å². The molecule has 0 aliphatic rings. The minimum atomic E-state index is 0.0976. The lowest BCUT2D eigenvalue weighted by atomic mass is 9.95. The summed E-state index contributed by atoms with van der Waals surface area (Å²) in [7, 11) is 1.76. The standard InChI is InChI=1S/C14H32N2O/c1-5-7-10-16(11-8-6-2)14(3,13-15)9-12-17-4/h5-13,15H2,1-4H3. The van der Waals surface area contributed by atoms with Crippen LogP contribution in [0.1, 0.15) is 52.9 Å². The summed E-state index contributed by atoms with van der Waals surface area (Å²) >= 11 is 0. The topological polar surface area (TPSA) is 38.5 Å². The van der Waals surface area contributed by atoms with E-state index in [1.165, 1.54) is 25.7 Å². The van der Waals surface area contributed by atoms with Crippen LogP contribution in [-0.4, -0.2) is 43.8 Å². The van der Waals surface area contributed by atoms with E-state index < -0.39 is 0 Å². The van der Waals surface area contributed by atoms with Crippen molar-refractivity contribution in [1.29, 1.82) is 0 Å². The van der Waals surface area contributed by atoms with Gasteiger partial charge in [0.1, 0.15) is 0 Å². The van der Waals surface area contributed by atoms with Crippen molar-refractivity contribution in [3.05, 3.63) is 0 Å². The molecule has 0 fully saturated rings. The Kier molecular flexibility index (Phi) is 9.79. The van der Waals surface area contributed by atoms with Crippen LogP contribution in [0.4, 0.5) is 0 Å². The van der Waals surface area contributed by atoms with E-state index in [1.807, 2.05) is 0 Å². The van der Waals surface area contributed by atoms with Gasteiger partial charge < -0.3 is 10.5 Å². The Labute approximate surface area is 108 Å². The van der Waals surface area contributed by atoms with E-state index in [1.54, 1.807) is 7.11 Å². The predicted octanol–water partition coefficient (Wildman–Crippen LogP) is 2.64. The second kappa shape index (κ2) is 9.86. The first-order chi connectivity index (χ1) is 8.14.